The highest BCUT2D eigenvalue weighted by molar-refractivity contribution is 6.25. The van der Waals surface area contributed by atoms with Gasteiger partial charge in [-0.05, 0) is 131 Å². The van der Waals surface area contributed by atoms with Gasteiger partial charge in [0.1, 0.15) is 11.2 Å². The van der Waals surface area contributed by atoms with Gasteiger partial charge in [0.2, 0.25) is 0 Å². The van der Waals surface area contributed by atoms with E-state index in [0.29, 0.717) is 0 Å². The Morgan fingerprint density at radius 3 is 1.49 bits per heavy atom. The predicted octanol–water partition coefficient (Wildman–Crippen LogP) is 16.5. The summed E-state index contributed by atoms with van der Waals surface area (Å²) in [5, 5.41) is 9.79. The zero-order valence-corrected chi connectivity index (χ0v) is 34.4. The summed E-state index contributed by atoms with van der Waals surface area (Å²) in [5.41, 5.74) is 14.6. The molecule has 13 rings (SSSR count). The maximum atomic E-state index is 6.23. The Balaban J connectivity index is 1.02. The third kappa shape index (κ3) is 5.32. The summed E-state index contributed by atoms with van der Waals surface area (Å²) in [6.45, 7) is 0. The van der Waals surface area contributed by atoms with Crippen LogP contribution >= 0.6 is 0 Å². The van der Waals surface area contributed by atoms with E-state index < -0.39 is 5.41 Å². The van der Waals surface area contributed by atoms with Crippen LogP contribution in [0.2, 0.25) is 0 Å². The third-order valence-corrected chi connectivity index (χ3v) is 13.5. The monoisotopic (exact) mass is 801 g/mol. The van der Waals surface area contributed by atoms with Crippen molar-refractivity contribution in [2.45, 2.75) is 5.41 Å². The molecule has 63 heavy (non-hydrogen) atoms. The van der Waals surface area contributed by atoms with Crippen molar-refractivity contribution >= 4 is 71.3 Å². The second kappa shape index (κ2) is 13.9. The number of rotatable bonds is 6. The van der Waals surface area contributed by atoms with Gasteiger partial charge in [-0.3, -0.25) is 0 Å². The van der Waals surface area contributed by atoms with Gasteiger partial charge in [-0.2, -0.15) is 0 Å². The molecular formula is C61H39NO. The molecule has 0 spiro atoms. The normalized spacial score (nSPS) is 12.9. The van der Waals surface area contributed by atoms with Gasteiger partial charge in [0, 0.05) is 27.8 Å². The average molecular weight is 802 g/mol. The van der Waals surface area contributed by atoms with E-state index in [-0.39, 0.29) is 0 Å². The van der Waals surface area contributed by atoms with E-state index in [9.17, 15) is 0 Å². The third-order valence-electron chi connectivity index (χ3n) is 13.5. The number of fused-ring (bicyclic) bond motifs is 12. The molecule has 0 bridgehead atoms. The van der Waals surface area contributed by atoms with E-state index in [2.05, 4.69) is 229 Å². The fourth-order valence-electron chi connectivity index (χ4n) is 10.8. The maximum Gasteiger partial charge on any atom is 0.135 e. The quantitative estimate of drug-likeness (QED) is 0.156. The maximum absolute atomic E-state index is 6.23. The van der Waals surface area contributed by atoms with Crippen molar-refractivity contribution in [2.75, 3.05) is 4.90 Å². The zero-order valence-electron chi connectivity index (χ0n) is 34.4. The standard InChI is InChI=1S/C61H39NO/c1-2-16-42(17-3-1)61(57-26-11-8-23-52(57)53-24-9-12-27-58(53)61)43-30-32-44(33-31-43)62(46-34-35-51-49-21-5-4-19-47(49)48-20-6-7-22-50(48)55(51)39-46)45-18-14-15-40(37-45)41-29-36-60-56(38-41)54-25-10-13-28-59(54)63-60/h1-39H. The Morgan fingerprint density at radius 2 is 0.794 bits per heavy atom. The van der Waals surface area contributed by atoms with Crippen LogP contribution in [0.15, 0.2) is 241 Å². The van der Waals surface area contributed by atoms with E-state index in [4.69, 9.17) is 4.42 Å². The first-order chi connectivity index (χ1) is 31.2. The minimum Gasteiger partial charge on any atom is -0.456 e. The van der Waals surface area contributed by atoms with Crippen molar-refractivity contribution in [2.24, 2.45) is 0 Å². The van der Waals surface area contributed by atoms with Crippen molar-refractivity contribution in [3.63, 3.8) is 0 Å². The molecule has 0 aliphatic heterocycles. The average Bonchev–Trinajstić information content (AvgIpc) is 3.88. The van der Waals surface area contributed by atoms with Gasteiger partial charge in [-0.25, -0.2) is 0 Å². The SMILES string of the molecule is c1ccc(C2(c3ccc(N(c4cccc(-c5ccc6oc7ccccc7c6c5)c4)c4ccc5c6ccccc6c6ccccc6c5c4)cc3)c3ccccc3-c3ccccc32)cc1. The van der Waals surface area contributed by atoms with E-state index >= 15 is 0 Å². The van der Waals surface area contributed by atoms with E-state index in [0.717, 1.165) is 50.1 Å². The lowest BCUT2D eigenvalue weighted by molar-refractivity contribution is 0.669. The van der Waals surface area contributed by atoms with Gasteiger partial charge < -0.3 is 9.32 Å². The first-order valence-electron chi connectivity index (χ1n) is 21.7. The van der Waals surface area contributed by atoms with Crippen LogP contribution in [-0.4, -0.2) is 0 Å². The highest BCUT2D eigenvalue weighted by Gasteiger charge is 2.45. The summed E-state index contributed by atoms with van der Waals surface area (Å²) in [4.78, 5) is 2.42. The molecule has 2 nitrogen and oxygen atoms in total. The fraction of sp³-hybridized carbons (Fsp3) is 0.0164. The molecule has 0 saturated carbocycles. The van der Waals surface area contributed by atoms with Crippen LogP contribution in [0.1, 0.15) is 22.3 Å². The van der Waals surface area contributed by atoms with Crippen molar-refractivity contribution in [3.8, 4) is 22.3 Å². The second-order valence-corrected chi connectivity index (χ2v) is 16.8. The van der Waals surface area contributed by atoms with Crippen LogP contribution in [0.25, 0.3) is 76.5 Å². The summed E-state index contributed by atoms with van der Waals surface area (Å²) in [5.74, 6) is 0. The predicted molar refractivity (Wildman–Crippen MR) is 264 cm³/mol. The van der Waals surface area contributed by atoms with Gasteiger partial charge in [0.15, 0.2) is 0 Å². The lowest BCUT2D eigenvalue weighted by Crippen LogP contribution is -2.28. The molecule has 1 heterocycles. The molecule has 1 aliphatic rings. The molecular weight excluding hydrogens is 763 g/mol. The Hall–Kier alpha value is -8.20. The highest BCUT2D eigenvalue weighted by Crippen LogP contribution is 2.56. The van der Waals surface area contributed by atoms with Crippen LogP contribution in [0.4, 0.5) is 17.1 Å². The van der Waals surface area contributed by atoms with Crippen LogP contribution in [-0.2, 0) is 5.41 Å². The van der Waals surface area contributed by atoms with Crippen LogP contribution in [0.5, 0.6) is 0 Å². The topological polar surface area (TPSA) is 16.4 Å². The number of para-hydroxylation sites is 1. The minimum atomic E-state index is -0.476. The van der Waals surface area contributed by atoms with Gasteiger partial charge in [-0.15, -0.1) is 0 Å². The Labute approximate surface area is 365 Å². The summed E-state index contributed by atoms with van der Waals surface area (Å²) < 4.78 is 6.23. The van der Waals surface area contributed by atoms with Crippen molar-refractivity contribution in [1.29, 1.82) is 0 Å². The van der Waals surface area contributed by atoms with Gasteiger partial charge in [-0.1, -0.05) is 182 Å². The number of furan rings is 1. The second-order valence-electron chi connectivity index (χ2n) is 16.8. The molecule has 0 atom stereocenters. The first kappa shape index (κ1) is 35.5. The smallest absolute Gasteiger partial charge is 0.135 e. The summed E-state index contributed by atoms with van der Waals surface area (Å²) in [7, 11) is 0. The van der Waals surface area contributed by atoms with Crippen molar-refractivity contribution in [3.05, 3.63) is 259 Å². The molecule has 2 heteroatoms. The van der Waals surface area contributed by atoms with Crippen LogP contribution < -0.4 is 4.90 Å². The minimum absolute atomic E-state index is 0.476. The molecule has 1 aromatic heterocycles. The molecule has 294 valence electrons. The Morgan fingerprint density at radius 1 is 0.286 bits per heavy atom. The summed E-state index contributed by atoms with van der Waals surface area (Å²) in [6, 6.07) is 86.7. The van der Waals surface area contributed by atoms with Crippen LogP contribution in [0.3, 0.4) is 0 Å². The van der Waals surface area contributed by atoms with Gasteiger partial charge >= 0.3 is 0 Å². The molecule has 1 aliphatic carbocycles. The molecule has 0 unspecified atom stereocenters. The van der Waals surface area contributed by atoms with E-state index in [1.165, 1.54) is 65.7 Å². The summed E-state index contributed by atoms with van der Waals surface area (Å²) >= 11 is 0. The first-order valence-corrected chi connectivity index (χ1v) is 21.7. The van der Waals surface area contributed by atoms with E-state index in [1.54, 1.807) is 0 Å². The zero-order chi connectivity index (χ0) is 41.5. The Bertz CT molecular complexity index is 3670. The number of hydrogen-bond donors (Lipinski definition) is 0. The van der Waals surface area contributed by atoms with Gasteiger partial charge in [0.05, 0.1) is 5.41 Å². The fourth-order valence-corrected chi connectivity index (χ4v) is 10.8. The molecule has 0 fully saturated rings. The van der Waals surface area contributed by atoms with Crippen molar-refractivity contribution in [1.82, 2.24) is 0 Å². The number of anilines is 3. The highest BCUT2D eigenvalue weighted by atomic mass is 16.3. The van der Waals surface area contributed by atoms with Gasteiger partial charge in [0.25, 0.3) is 0 Å². The molecule has 12 aromatic rings. The lowest BCUT2D eigenvalue weighted by Gasteiger charge is -2.34. The number of hydrogen-bond acceptors (Lipinski definition) is 2. The molecule has 0 amide bonds. The number of benzene rings is 11. The van der Waals surface area contributed by atoms with Crippen LogP contribution in [0, 0.1) is 0 Å². The molecule has 0 radical (unpaired) electrons. The van der Waals surface area contributed by atoms with E-state index in [1.807, 2.05) is 12.1 Å². The Kier molecular flexibility index (Phi) is 7.85. The molecule has 0 saturated heterocycles. The molecule has 0 N–H and O–H groups in total. The molecule has 11 aromatic carbocycles. The lowest BCUT2D eigenvalue weighted by atomic mass is 9.68. The van der Waals surface area contributed by atoms with Crippen molar-refractivity contribution < 1.29 is 4.42 Å². The largest absolute Gasteiger partial charge is 0.456 e. The number of nitrogens with zero attached hydrogens (tertiary/aromatic N) is 1. The summed E-state index contributed by atoms with van der Waals surface area (Å²) in [6.07, 6.45) is 0.